The molecule has 2 unspecified atom stereocenters. The molecule has 0 bridgehead atoms. The van der Waals surface area contributed by atoms with E-state index in [4.69, 9.17) is 0 Å². The van der Waals surface area contributed by atoms with Crippen LogP contribution < -0.4 is 4.90 Å². The van der Waals surface area contributed by atoms with E-state index in [1.54, 1.807) is 5.57 Å². The topological polar surface area (TPSA) is 3.24 Å². The molecule has 0 aromatic heterocycles. The van der Waals surface area contributed by atoms with Crippen LogP contribution >= 0.6 is 0 Å². The van der Waals surface area contributed by atoms with Crippen LogP contribution in [-0.4, -0.2) is 6.04 Å². The van der Waals surface area contributed by atoms with Gasteiger partial charge in [0.15, 0.2) is 0 Å². The van der Waals surface area contributed by atoms with E-state index in [1.165, 1.54) is 67.0 Å². The minimum absolute atomic E-state index is 0.00798. The Morgan fingerprint density at radius 3 is 2.04 bits per heavy atom. The monoisotopic (exact) mass is 645 g/mol. The highest BCUT2D eigenvalue weighted by atomic mass is 15.2. The molecule has 0 amide bonds. The summed E-state index contributed by atoms with van der Waals surface area (Å²) in [6.07, 6.45) is 16.9. The molecular formula is C48H55N. The molecule has 0 aliphatic heterocycles. The molecule has 8 rings (SSSR count). The van der Waals surface area contributed by atoms with Crippen molar-refractivity contribution in [2.45, 2.75) is 117 Å². The summed E-state index contributed by atoms with van der Waals surface area (Å²) in [5.74, 6) is 0.547. The summed E-state index contributed by atoms with van der Waals surface area (Å²) in [5.41, 5.74) is 19.2. The lowest BCUT2D eigenvalue weighted by Gasteiger charge is -2.44. The van der Waals surface area contributed by atoms with Crippen molar-refractivity contribution >= 4 is 11.3 Å². The van der Waals surface area contributed by atoms with Gasteiger partial charge in [0.05, 0.1) is 6.04 Å². The van der Waals surface area contributed by atoms with Crippen LogP contribution in [0.5, 0.6) is 0 Å². The fraction of sp³-hybridized carbons (Fsp3) is 0.417. The van der Waals surface area contributed by atoms with Crippen LogP contribution in [0.4, 0.5) is 5.69 Å². The van der Waals surface area contributed by atoms with Gasteiger partial charge < -0.3 is 4.90 Å². The van der Waals surface area contributed by atoms with Gasteiger partial charge in [-0.15, -0.1) is 0 Å². The average molecular weight is 646 g/mol. The maximum Gasteiger partial charge on any atom is 0.0632 e. The Kier molecular flexibility index (Phi) is 7.15. The molecule has 49 heavy (non-hydrogen) atoms. The molecule has 0 N–H and O–H groups in total. The van der Waals surface area contributed by atoms with E-state index in [1.807, 2.05) is 0 Å². The standard InChI is InChI=1S/C48H55N/c1-45(2,3)30-19-23-32(24-20-30)49(33-25-21-31(22-26-33)46(4,5)6)43-29-42-44(36-17-12-11-16-35(36)43)38-28-40-37(27-41(38)48(42,9)10)34-15-13-14-18-39(34)47(40,7)8/h13-21,23-28,31,43H,11-12,22,29H2,1-10H3. The van der Waals surface area contributed by atoms with E-state index in [9.17, 15) is 0 Å². The van der Waals surface area contributed by atoms with E-state index in [0.29, 0.717) is 5.92 Å². The van der Waals surface area contributed by atoms with Gasteiger partial charge in [-0.2, -0.15) is 0 Å². The highest BCUT2D eigenvalue weighted by Gasteiger charge is 2.48. The molecule has 2 atom stereocenters. The van der Waals surface area contributed by atoms with Gasteiger partial charge in [0, 0.05) is 22.2 Å². The number of rotatable bonds is 3. The Balaban J connectivity index is 1.27. The second-order valence-electron chi connectivity index (χ2n) is 18.5. The molecule has 3 aromatic carbocycles. The van der Waals surface area contributed by atoms with Crippen molar-refractivity contribution in [3.05, 3.63) is 141 Å². The molecule has 1 heteroatoms. The lowest BCUT2D eigenvalue weighted by Crippen LogP contribution is -2.41. The van der Waals surface area contributed by atoms with Crippen LogP contribution in [0.2, 0.25) is 0 Å². The Morgan fingerprint density at radius 1 is 0.694 bits per heavy atom. The van der Waals surface area contributed by atoms with Crippen LogP contribution in [0, 0.1) is 11.3 Å². The second-order valence-corrected chi connectivity index (χ2v) is 18.5. The average Bonchev–Trinajstić information content (AvgIpc) is 3.43. The molecule has 3 aromatic rings. The van der Waals surface area contributed by atoms with Crippen LogP contribution in [0.15, 0.2) is 113 Å². The molecule has 0 saturated heterocycles. The highest BCUT2D eigenvalue weighted by Crippen LogP contribution is 2.60. The van der Waals surface area contributed by atoms with E-state index >= 15 is 0 Å². The minimum Gasteiger partial charge on any atom is -0.334 e. The molecule has 0 spiro atoms. The maximum absolute atomic E-state index is 2.70. The molecule has 0 radical (unpaired) electrons. The number of hydrogen-bond donors (Lipinski definition) is 0. The van der Waals surface area contributed by atoms with E-state index < -0.39 is 0 Å². The Morgan fingerprint density at radius 2 is 1.37 bits per heavy atom. The number of benzene rings is 3. The van der Waals surface area contributed by atoms with Crippen LogP contribution in [0.1, 0.15) is 123 Å². The predicted molar refractivity (Wildman–Crippen MR) is 210 cm³/mol. The number of anilines is 1. The first-order valence-electron chi connectivity index (χ1n) is 18.8. The second kappa shape index (κ2) is 10.8. The first-order chi connectivity index (χ1) is 23.1. The molecule has 1 nitrogen and oxygen atoms in total. The quantitative estimate of drug-likeness (QED) is 0.274. The maximum atomic E-state index is 2.70. The zero-order chi connectivity index (χ0) is 34.7. The third kappa shape index (κ3) is 4.93. The van der Waals surface area contributed by atoms with Gasteiger partial charge in [0.1, 0.15) is 0 Å². The summed E-state index contributed by atoms with van der Waals surface area (Å²) in [7, 11) is 0. The van der Waals surface area contributed by atoms with Crippen molar-refractivity contribution in [3.63, 3.8) is 0 Å². The van der Waals surface area contributed by atoms with Crippen LogP contribution in [-0.2, 0) is 16.2 Å². The van der Waals surface area contributed by atoms with Gasteiger partial charge in [-0.05, 0) is 134 Å². The summed E-state index contributed by atoms with van der Waals surface area (Å²) in [4.78, 5) is 2.70. The third-order valence-corrected chi connectivity index (χ3v) is 12.7. The minimum atomic E-state index is -0.0562. The molecular weight excluding hydrogens is 591 g/mol. The lowest BCUT2D eigenvalue weighted by atomic mass is 9.71. The molecule has 252 valence electrons. The van der Waals surface area contributed by atoms with Gasteiger partial charge >= 0.3 is 0 Å². The number of fused-ring (bicyclic) bond motifs is 7. The fourth-order valence-electron chi connectivity index (χ4n) is 9.62. The van der Waals surface area contributed by atoms with Crippen molar-refractivity contribution in [1.29, 1.82) is 0 Å². The van der Waals surface area contributed by atoms with Gasteiger partial charge in [0.2, 0.25) is 0 Å². The van der Waals surface area contributed by atoms with Gasteiger partial charge in [-0.1, -0.05) is 130 Å². The number of hydrogen-bond acceptors (Lipinski definition) is 1. The van der Waals surface area contributed by atoms with Gasteiger partial charge in [-0.25, -0.2) is 0 Å². The van der Waals surface area contributed by atoms with E-state index in [-0.39, 0.29) is 27.7 Å². The molecule has 5 aliphatic rings. The zero-order valence-corrected chi connectivity index (χ0v) is 31.6. The SMILES string of the molecule is CC(C)(C)c1ccc(N(C2=CCC(C(C)(C)C)C=C2)C2CC3=C(C4=CCCC=C42)c2cc4c(cc2C3(C)C)-c2ccccc2C4(C)C)cc1. The summed E-state index contributed by atoms with van der Waals surface area (Å²) in [6.45, 7) is 23.9. The first-order valence-corrected chi connectivity index (χ1v) is 18.8. The van der Waals surface area contributed by atoms with Crippen molar-refractivity contribution < 1.29 is 0 Å². The number of nitrogens with zero attached hydrogens (tertiary/aromatic N) is 1. The summed E-state index contributed by atoms with van der Waals surface area (Å²) in [5, 5.41) is 0. The van der Waals surface area contributed by atoms with Gasteiger partial charge in [-0.3, -0.25) is 0 Å². The van der Waals surface area contributed by atoms with Crippen LogP contribution in [0.25, 0.3) is 16.7 Å². The predicted octanol–water partition coefficient (Wildman–Crippen LogP) is 12.8. The molecule has 0 fully saturated rings. The first kappa shape index (κ1) is 32.4. The normalized spacial score (nSPS) is 23.1. The highest BCUT2D eigenvalue weighted by molar-refractivity contribution is 5.97. The van der Waals surface area contributed by atoms with Crippen molar-refractivity contribution in [1.82, 2.24) is 0 Å². The third-order valence-electron chi connectivity index (χ3n) is 12.7. The Labute approximate surface area is 296 Å². The Hall–Kier alpha value is -3.84. The summed E-state index contributed by atoms with van der Waals surface area (Å²) >= 11 is 0. The zero-order valence-electron chi connectivity index (χ0n) is 31.6. The number of allylic oxidation sites excluding steroid dienone is 6. The van der Waals surface area contributed by atoms with Crippen molar-refractivity contribution in [2.75, 3.05) is 4.90 Å². The lowest BCUT2D eigenvalue weighted by molar-refractivity contribution is 0.293. The van der Waals surface area contributed by atoms with Crippen LogP contribution in [0.3, 0.4) is 0 Å². The van der Waals surface area contributed by atoms with E-state index in [2.05, 4.69) is 165 Å². The summed E-state index contributed by atoms with van der Waals surface area (Å²) in [6, 6.07) is 24.0. The van der Waals surface area contributed by atoms with E-state index in [0.717, 1.165) is 25.7 Å². The van der Waals surface area contributed by atoms with Crippen molar-refractivity contribution in [2.24, 2.45) is 11.3 Å². The molecule has 0 saturated carbocycles. The van der Waals surface area contributed by atoms with Crippen molar-refractivity contribution in [3.8, 4) is 11.1 Å². The Bertz CT molecular complexity index is 2020. The summed E-state index contributed by atoms with van der Waals surface area (Å²) < 4.78 is 0. The largest absolute Gasteiger partial charge is 0.334 e. The van der Waals surface area contributed by atoms with Gasteiger partial charge in [0.25, 0.3) is 0 Å². The molecule has 0 heterocycles. The molecule has 5 aliphatic carbocycles. The smallest absolute Gasteiger partial charge is 0.0632 e. The fourth-order valence-corrected chi connectivity index (χ4v) is 9.62.